The normalized spacial score (nSPS) is 10.5. The van der Waals surface area contributed by atoms with Crippen molar-refractivity contribution >= 4 is 0 Å². The Bertz CT molecular complexity index is 879. The van der Waals surface area contributed by atoms with Crippen molar-refractivity contribution in [1.82, 2.24) is 15.0 Å². The summed E-state index contributed by atoms with van der Waals surface area (Å²) in [4.78, 5) is 12.9. The van der Waals surface area contributed by atoms with Gasteiger partial charge in [-0.2, -0.15) is 0 Å². The maximum absolute atomic E-state index is 4.59. The second-order valence-corrected chi connectivity index (χ2v) is 5.41. The van der Waals surface area contributed by atoms with Gasteiger partial charge in [0.25, 0.3) is 0 Å². The topological polar surface area (TPSA) is 38.7 Å². The van der Waals surface area contributed by atoms with Crippen LogP contribution in [0.1, 0.15) is 0 Å². The fourth-order valence-electron chi connectivity index (χ4n) is 2.88. The van der Waals surface area contributed by atoms with Crippen LogP contribution in [0.15, 0.2) is 91.6 Å². The lowest BCUT2D eigenvalue weighted by Crippen LogP contribution is -1.92. The highest BCUT2D eigenvalue weighted by atomic mass is 14.7. The van der Waals surface area contributed by atoms with Crippen LogP contribution in [0.2, 0.25) is 0 Å². The summed E-state index contributed by atoms with van der Waals surface area (Å²) < 4.78 is 0. The summed E-state index contributed by atoms with van der Waals surface area (Å²) in [6.07, 6.45) is 9.09. The zero-order valence-corrected chi connectivity index (χ0v) is 13.0. The van der Waals surface area contributed by atoms with Gasteiger partial charge in [0, 0.05) is 36.5 Å². The van der Waals surface area contributed by atoms with Gasteiger partial charge in [-0.15, -0.1) is 0 Å². The Hall–Kier alpha value is -3.33. The number of benzene rings is 1. The molecule has 1 aromatic carbocycles. The van der Waals surface area contributed by atoms with Gasteiger partial charge in [0.05, 0.1) is 5.69 Å². The maximum atomic E-state index is 4.59. The molecule has 0 N–H and O–H groups in total. The zero-order chi connectivity index (χ0) is 16.2. The van der Waals surface area contributed by atoms with E-state index in [0.717, 1.165) is 33.5 Å². The number of pyridine rings is 3. The largest absolute Gasteiger partial charge is 0.265 e. The SMILES string of the molecule is c1ccc(-c2c(-c3ccncc3)cccc2-c2ccncc2)nc1. The number of nitrogens with zero attached hydrogens (tertiary/aromatic N) is 3. The predicted molar refractivity (Wildman–Crippen MR) is 96.1 cm³/mol. The van der Waals surface area contributed by atoms with Crippen LogP contribution in [-0.4, -0.2) is 15.0 Å². The van der Waals surface area contributed by atoms with E-state index in [4.69, 9.17) is 0 Å². The number of hydrogen-bond donors (Lipinski definition) is 0. The third-order valence-electron chi connectivity index (χ3n) is 3.97. The molecule has 0 amide bonds. The zero-order valence-electron chi connectivity index (χ0n) is 13.0. The smallest absolute Gasteiger partial charge is 0.0714 e. The Labute approximate surface area is 140 Å². The summed E-state index contributed by atoms with van der Waals surface area (Å²) in [5.41, 5.74) is 6.62. The van der Waals surface area contributed by atoms with Gasteiger partial charge >= 0.3 is 0 Å². The molecule has 0 fully saturated rings. The number of aromatic nitrogens is 3. The lowest BCUT2D eigenvalue weighted by atomic mass is 9.90. The molecule has 3 heterocycles. The van der Waals surface area contributed by atoms with E-state index in [0.29, 0.717) is 0 Å². The van der Waals surface area contributed by atoms with E-state index in [-0.39, 0.29) is 0 Å². The first-order valence-corrected chi connectivity index (χ1v) is 7.79. The predicted octanol–water partition coefficient (Wildman–Crippen LogP) is 4.87. The van der Waals surface area contributed by atoms with Crippen LogP contribution in [0.4, 0.5) is 0 Å². The van der Waals surface area contributed by atoms with E-state index in [9.17, 15) is 0 Å². The fourth-order valence-corrected chi connectivity index (χ4v) is 2.88. The molecule has 0 unspecified atom stereocenters. The Morgan fingerprint density at radius 2 is 1.08 bits per heavy atom. The van der Waals surface area contributed by atoms with Crippen LogP contribution in [0.5, 0.6) is 0 Å². The molecule has 0 saturated carbocycles. The van der Waals surface area contributed by atoms with Crippen molar-refractivity contribution in [3.8, 4) is 33.5 Å². The molecule has 4 rings (SSSR count). The van der Waals surface area contributed by atoms with Crippen molar-refractivity contribution in [1.29, 1.82) is 0 Å². The van der Waals surface area contributed by atoms with Crippen LogP contribution in [-0.2, 0) is 0 Å². The first-order chi connectivity index (χ1) is 11.9. The minimum Gasteiger partial charge on any atom is -0.265 e. The highest BCUT2D eigenvalue weighted by molar-refractivity contribution is 5.93. The van der Waals surface area contributed by atoms with Crippen molar-refractivity contribution < 1.29 is 0 Å². The molecule has 3 aromatic heterocycles. The molecular formula is C21H15N3. The molecule has 0 radical (unpaired) electrons. The van der Waals surface area contributed by atoms with E-state index < -0.39 is 0 Å². The number of rotatable bonds is 3. The van der Waals surface area contributed by atoms with Gasteiger partial charge in [0.2, 0.25) is 0 Å². The summed E-state index contributed by atoms with van der Waals surface area (Å²) in [6, 6.07) is 20.4. The van der Waals surface area contributed by atoms with Gasteiger partial charge in [0.1, 0.15) is 0 Å². The monoisotopic (exact) mass is 309 g/mol. The van der Waals surface area contributed by atoms with E-state index in [1.54, 1.807) is 0 Å². The van der Waals surface area contributed by atoms with Gasteiger partial charge in [0.15, 0.2) is 0 Å². The van der Waals surface area contributed by atoms with Crippen molar-refractivity contribution in [3.05, 3.63) is 91.6 Å². The van der Waals surface area contributed by atoms with Crippen LogP contribution >= 0.6 is 0 Å². The van der Waals surface area contributed by atoms with Crippen LogP contribution in [0, 0.1) is 0 Å². The van der Waals surface area contributed by atoms with Gasteiger partial charge < -0.3 is 0 Å². The molecule has 0 atom stereocenters. The third kappa shape index (κ3) is 2.68. The third-order valence-corrected chi connectivity index (χ3v) is 3.97. The van der Waals surface area contributed by atoms with Crippen molar-refractivity contribution in [2.45, 2.75) is 0 Å². The van der Waals surface area contributed by atoms with E-state index in [2.05, 4.69) is 33.2 Å². The molecule has 24 heavy (non-hydrogen) atoms. The Morgan fingerprint density at radius 3 is 1.58 bits per heavy atom. The summed E-state index contributed by atoms with van der Waals surface area (Å²) in [7, 11) is 0. The molecule has 0 aliphatic rings. The highest BCUT2D eigenvalue weighted by Gasteiger charge is 2.14. The molecule has 0 aliphatic heterocycles. The summed E-state index contributed by atoms with van der Waals surface area (Å²) in [5, 5.41) is 0. The Morgan fingerprint density at radius 1 is 0.500 bits per heavy atom. The summed E-state index contributed by atoms with van der Waals surface area (Å²) >= 11 is 0. The average molecular weight is 309 g/mol. The fraction of sp³-hybridized carbons (Fsp3) is 0. The van der Waals surface area contributed by atoms with Crippen molar-refractivity contribution in [3.63, 3.8) is 0 Å². The maximum Gasteiger partial charge on any atom is 0.0714 e. The molecule has 0 aliphatic carbocycles. The quantitative estimate of drug-likeness (QED) is 0.542. The standard InChI is InChI=1S/C21H15N3/c1-2-11-24-20(6-1)21-18(16-7-12-22-13-8-16)4-3-5-19(21)17-9-14-23-15-10-17/h1-15H. The number of hydrogen-bond acceptors (Lipinski definition) is 3. The first kappa shape index (κ1) is 14.3. The molecule has 114 valence electrons. The molecule has 3 heteroatoms. The molecule has 4 aromatic rings. The molecule has 0 saturated heterocycles. The Kier molecular flexibility index (Phi) is 3.82. The van der Waals surface area contributed by atoms with Crippen molar-refractivity contribution in [2.75, 3.05) is 0 Å². The lowest BCUT2D eigenvalue weighted by molar-refractivity contribution is 1.31. The van der Waals surface area contributed by atoms with Gasteiger partial charge in [-0.1, -0.05) is 24.3 Å². The minimum atomic E-state index is 0.955. The van der Waals surface area contributed by atoms with Crippen LogP contribution < -0.4 is 0 Å². The second kappa shape index (κ2) is 6.42. The van der Waals surface area contributed by atoms with Crippen LogP contribution in [0.3, 0.4) is 0 Å². The van der Waals surface area contributed by atoms with E-state index >= 15 is 0 Å². The summed E-state index contributed by atoms with van der Waals surface area (Å²) in [5.74, 6) is 0. The summed E-state index contributed by atoms with van der Waals surface area (Å²) in [6.45, 7) is 0. The van der Waals surface area contributed by atoms with Crippen LogP contribution in [0.25, 0.3) is 33.5 Å². The second-order valence-electron chi connectivity index (χ2n) is 5.41. The van der Waals surface area contributed by atoms with E-state index in [1.807, 2.05) is 73.4 Å². The average Bonchev–Trinajstić information content (AvgIpc) is 2.69. The first-order valence-electron chi connectivity index (χ1n) is 7.79. The van der Waals surface area contributed by atoms with Gasteiger partial charge in [-0.3, -0.25) is 15.0 Å². The molecular weight excluding hydrogens is 294 g/mol. The molecule has 0 bridgehead atoms. The Balaban J connectivity index is 2.02. The van der Waals surface area contributed by atoms with Crippen molar-refractivity contribution in [2.24, 2.45) is 0 Å². The molecule has 3 nitrogen and oxygen atoms in total. The molecule has 0 spiro atoms. The minimum absolute atomic E-state index is 0.955. The van der Waals surface area contributed by atoms with E-state index in [1.165, 1.54) is 0 Å². The lowest BCUT2D eigenvalue weighted by Gasteiger charge is -2.15. The van der Waals surface area contributed by atoms with Gasteiger partial charge in [-0.05, 0) is 58.7 Å². The highest BCUT2D eigenvalue weighted by Crippen LogP contribution is 2.38. The van der Waals surface area contributed by atoms with Gasteiger partial charge in [-0.25, -0.2) is 0 Å².